The summed E-state index contributed by atoms with van der Waals surface area (Å²) >= 11 is 1.43. The molecular formula is C6H12NOS. The molecule has 2 nitrogen and oxygen atoms in total. The molecule has 0 saturated carbocycles. The molecule has 0 N–H and O–H groups in total. The molecule has 0 unspecified atom stereocenters. The zero-order valence-corrected chi connectivity index (χ0v) is 6.32. The Morgan fingerprint density at radius 1 is 1.11 bits per heavy atom. The summed E-state index contributed by atoms with van der Waals surface area (Å²) in [6.45, 7) is 0.727. The average molecular weight is 146 g/mol. The average Bonchev–Trinajstić information content (AvgIpc) is 1.79. The lowest BCUT2D eigenvalue weighted by molar-refractivity contribution is 0.607. The van der Waals surface area contributed by atoms with E-state index in [9.17, 15) is 5.21 Å². The van der Waals surface area contributed by atoms with Gasteiger partial charge >= 0.3 is 0 Å². The summed E-state index contributed by atoms with van der Waals surface area (Å²) in [5.41, 5.74) is 0. The normalized spacial score (nSPS) is 25.0. The van der Waals surface area contributed by atoms with Crippen molar-refractivity contribution >= 4 is 11.9 Å². The van der Waals surface area contributed by atoms with Crippen LogP contribution in [0.3, 0.4) is 0 Å². The van der Waals surface area contributed by atoms with Gasteiger partial charge in [-0.1, -0.05) is 6.42 Å². The monoisotopic (exact) mass is 146 g/mol. The van der Waals surface area contributed by atoms with Crippen LogP contribution in [0.2, 0.25) is 0 Å². The van der Waals surface area contributed by atoms with Crippen molar-refractivity contribution in [2.75, 3.05) is 12.3 Å². The highest BCUT2D eigenvalue weighted by molar-refractivity contribution is 7.97. The van der Waals surface area contributed by atoms with Gasteiger partial charge in [-0.25, -0.2) is 0 Å². The highest BCUT2D eigenvalue weighted by Gasteiger charge is 2.08. The minimum Gasteiger partial charge on any atom is -0.569 e. The molecule has 1 aliphatic heterocycles. The third-order valence-electron chi connectivity index (χ3n) is 1.47. The van der Waals surface area contributed by atoms with Gasteiger partial charge in [0.05, 0.1) is 5.75 Å². The Kier molecular flexibility index (Phi) is 3.40. The Morgan fingerprint density at radius 2 is 1.89 bits per heavy atom. The first-order valence-corrected chi connectivity index (χ1v) is 4.41. The Hall–Kier alpha value is 0.270. The van der Waals surface area contributed by atoms with Crippen LogP contribution in [0.5, 0.6) is 0 Å². The van der Waals surface area contributed by atoms with Gasteiger partial charge in [0.2, 0.25) is 0 Å². The van der Waals surface area contributed by atoms with Crippen LogP contribution in [-0.2, 0) is 0 Å². The van der Waals surface area contributed by atoms with Crippen LogP contribution < -0.4 is 4.47 Å². The standard InChI is InChI=1S/C6H12NOS/c8-7-5-3-1-2-4-6-9-7/h1-6H2. The maximum atomic E-state index is 10.7. The largest absolute Gasteiger partial charge is 0.569 e. The molecule has 0 aromatic heterocycles. The molecule has 0 spiro atoms. The number of rotatable bonds is 0. The van der Waals surface area contributed by atoms with Crippen molar-refractivity contribution in [1.82, 2.24) is 4.47 Å². The summed E-state index contributed by atoms with van der Waals surface area (Å²) in [4.78, 5) is 0. The van der Waals surface area contributed by atoms with E-state index in [4.69, 9.17) is 0 Å². The minimum atomic E-state index is 0.727. The van der Waals surface area contributed by atoms with Gasteiger partial charge in [0, 0.05) is 6.42 Å². The lowest BCUT2D eigenvalue weighted by Gasteiger charge is -2.13. The zero-order valence-electron chi connectivity index (χ0n) is 5.51. The fourth-order valence-electron chi connectivity index (χ4n) is 0.927. The molecule has 1 rings (SSSR count). The molecule has 0 aromatic rings. The number of nitrogens with zero attached hydrogens (tertiary/aromatic N) is 1. The Bertz CT molecular complexity index is 71.5. The van der Waals surface area contributed by atoms with Crippen LogP contribution in [0.15, 0.2) is 0 Å². The van der Waals surface area contributed by atoms with Gasteiger partial charge in [-0.05, 0) is 12.8 Å². The Labute approximate surface area is 60.3 Å². The van der Waals surface area contributed by atoms with Gasteiger partial charge < -0.3 is 5.21 Å². The van der Waals surface area contributed by atoms with E-state index in [0.29, 0.717) is 0 Å². The summed E-state index contributed by atoms with van der Waals surface area (Å²) in [5, 5.41) is 10.7. The SMILES string of the molecule is [O-][N+]1CCCCCCS1. The molecule has 0 aliphatic carbocycles. The molecule has 1 heterocycles. The van der Waals surface area contributed by atoms with E-state index in [1.165, 1.54) is 31.2 Å². The minimum absolute atomic E-state index is 0.727. The molecule has 0 bridgehead atoms. The van der Waals surface area contributed by atoms with Gasteiger partial charge in [-0.15, -0.1) is 4.47 Å². The van der Waals surface area contributed by atoms with E-state index in [1.807, 2.05) is 0 Å². The Balaban J connectivity index is 2.12. The third kappa shape index (κ3) is 3.08. The van der Waals surface area contributed by atoms with Gasteiger partial charge in [0.15, 0.2) is 0 Å². The van der Waals surface area contributed by atoms with Crippen LogP contribution in [0.25, 0.3) is 0 Å². The molecule has 9 heavy (non-hydrogen) atoms. The van der Waals surface area contributed by atoms with Crippen molar-refractivity contribution in [2.45, 2.75) is 25.7 Å². The zero-order chi connectivity index (χ0) is 6.53. The predicted octanol–water partition coefficient (Wildman–Crippen LogP) is 1.85. The molecule has 0 atom stereocenters. The van der Waals surface area contributed by atoms with Crippen LogP contribution >= 0.6 is 11.9 Å². The first-order chi connectivity index (χ1) is 4.39. The second kappa shape index (κ2) is 4.14. The summed E-state index contributed by atoms with van der Waals surface area (Å²) in [6, 6.07) is 0. The van der Waals surface area contributed by atoms with Crippen molar-refractivity contribution in [3.63, 3.8) is 0 Å². The molecule has 1 fully saturated rings. The molecule has 1 radical (unpaired) electrons. The van der Waals surface area contributed by atoms with Crippen molar-refractivity contribution in [3.8, 4) is 0 Å². The van der Waals surface area contributed by atoms with E-state index in [0.717, 1.165) is 23.2 Å². The molecule has 3 heteroatoms. The van der Waals surface area contributed by atoms with Gasteiger partial charge in [0.1, 0.15) is 18.5 Å². The van der Waals surface area contributed by atoms with E-state index < -0.39 is 0 Å². The number of hydroxylamine groups is 1. The highest BCUT2D eigenvalue weighted by atomic mass is 32.2. The fourth-order valence-corrected chi connectivity index (χ4v) is 1.72. The first kappa shape index (κ1) is 7.38. The van der Waals surface area contributed by atoms with Crippen LogP contribution in [0.1, 0.15) is 25.7 Å². The van der Waals surface area contributed by atoms with Crippen molar-refractivity contribution < 1.29 is 0 Å². The summed E-state index contributed by atoms with van der Waals surface area (Å²) < 4.78 is 1.11. The Morgan fingerprint density at radius 3 is 2.78 bits per heavy atom. The molecule has 1 aliphatic rings. The predicted molar refractivity (Wildman–Crippen MR) is 41.3 cm³/mol. The molecule has 0 aromatic carbocycles. The second-order valence-electron chi connectivity index (χ2n) is 2.30. The lowest BCUT2D eigenvalue weighted by Crippen LogP contribution is -2.17. The van der Waals surface area contributed by atoms with Crippen LogP contribution in [0.4, 0.5) is 0 Å². The van der Waals surface area contributed by atoms with Crippen molar-refractivity contribution in [1.29, 1.82) is 0 Å². The topological polar surface area (TPSA) is 29.0 Å². The third-order valence-corrected chi connectivity index (χ3v) is 2.41. The summed E-state index contributed by atoms with van der Waals surface area (Å²) in [6.07, 6.45) is 4.83. The molecule has 53 valence electrons. The van der Waals surface area contributed by atoms with Gasteiger partial charge in [-0.3, -0.25) is 0 Å². The smallest absolute Gasteiger partial charge is 0.136 e. The van der Waals surface area contributed by atoms with Crippen LogP contribution in [-0.4, -0.2) is 12.3 Å². The first-order valence-electron chi connectivity index (χ1n) is 3.47. The van der Waals surface area contributed by atoms with Crippen molar-refractivity contribution in [3.05, 3.63) is 5.21 Å². The highest BCUT2D eigenvalue weighted by Crippen LogP contribution is 2.14. The van der Waals surface area contributed by atoms with Crippen molar-refractivity contribution in [2.24, 2.45) is 0 Å². The van der Waals surface area contributed by atoms with E-state index in [-0.39, 0.29) is 0 Å². The van der Waals surface area contributed by atoms with Gasteiger partial charge in [-0.2, -0.15) is 0 Å². The fraction of sp³-hybridized carbons (Fsp3) is 1.00. The van der Waals surface area contributed by atoms with E-state index in [1.54, 1.807) is 0 Å². The maximum Gasteiger partial charge on any atom is 0.136 e. The number of hydrogen-bond acceptors (Lipinski definition) is 3. The molecule has 0 amide bonds. The lowest BCUT2D eigenvalue weighted by atomic mass is 10.2. The van der Waals surface area contributed by atoms with E-state index >= 15 is 0 Å². The van der Waals surface area contributed by atoms with E-state index in [2.05, 4.69) is 0 Å². The molecule has 1 saturated heterocycles. The second-order valence-corrected chi connectivity index (χ2v) is 3.38. The quantitative estimate of drug-likeness (QED) is 0.296. The number of hydrogen-bond donors (Lipinski definition) is 0. The summed E-state index contributed by atoms with van der Waals surface area (Å²) in [5.74, 6) is 1.02. The maximum absolute atomic E-state index is 10.7. The van der Waals surface area contributed by atoms with Crippen LogP contribution in [0, 0.1) is 5.21 Å². The van der Waals surface area contributed by atoms with Gasteiger partial charge in [0.25, 0.3) is 0 Å². The molecular weight excluding hydrogens is 134 g/mol. The summed E-state index contributed by atoms with van der Waals surface area (Å²) in [7, 11) is 0.